The summed E-state index contributed by atoms with van der Waals surface area (Å²) in [5.74, 6) is 0.280. The highest BCUT2D eigenvalue weighted by molar-refractivity contribution is 7.71. The predicted molar refractivity (Wildman–Crippen MR) is 129 cm³/mol. The summed E-state index contributed by atoms with van der Waals surface area (Å²) in [6, 6.07) is 9.65. The fourth-order valence-electron chi connectivity index (χ4n) is 3.99. The zero-order valence-corrected chi connectivity index (χ0v) is 21.9. The Balaban J connectivity index is 2.40. The average molecular weight is 518 g/mol. The van der Waals surface area contributed by atoms with E-state index in [1.54, 1.807) is 12.1 Å². The molecule has 1 aliphatic heterocycles. The van der Waals surface area contributed by atoms with Crippen LogP contribution in [-0.2, 0) is 25.7 Å². The van der Waals surface area contributed by atoms with Crippen molar-refractivity contribution in [1.82, 2.24) is 0 Å². The molecule has 0 bridgehead atoms. The number of hydrogen-bond donors (Lipinski definition) is 5. The molecule has 0 amide bonds. The molecular formula is C22H30ClNO7P2. The first kappa shape index (κ1) is 26.2. The molecule has 0 saturated carbocycles. The number of halogens is 1. The third-order valence-electron chi connectivity index (χ3n) is 5.60. The van der Waals surface area contributed by atoms with E-state index in [2.05, 4.69) is 5.32 Å². The molecule has 11 heteroatoms. The van der Waals surface area contributed by atoms with Gasteiger partial charge in [0.05, 0.1) is 5.69 Å². The number of rotatable bonds is 4. The molecule has 3 rings (SSSR count). The van der Waals surface area contributed by atoms with Crippen molar-refractivity contribution in [3.63, 3.8) is 0 Å². The molecule has 1 aliphatic rings. The number of ether oxygens (including phenoxy) is 1. The number of fused-ring (bicyclic) bond motifs is 1. The van der Waals surface area contributed by atoms with Crippen LogP contribution in [0.2, 0.25) is 5.02 Å². The number of hydrogen-bond acceptors (Lipinski definition) is 4. The monoisotopic (exact) mass is 517 g/mol. The Morgan fingerprint density at radius 3 is 1.97 bits per heavy atom. The normalized spacial score (nSPS) is 19.3. The maximum Gasteiger partial charge on any atom is 0.347 e. The van der Waals surface area contributed by atoms with Crippen LogP contribution in [0, 0.1) is 0 Å². The van der Waals surface area contributed by atoms with Gasteiger partial charge in [-0.15, -0.1) is 0 Å². The molecule has 33 heavy (non-hydrogen) atoms. The van der Waals surface area contributed by atoms with Gasteiger partial charge in [0.25, 0.3) is 0 Å². The Labute approximate surface area is 198 Å². The van der Waals surface area contributed by atoms with Gasteiger partial charge in [0.2, 0.25) is 11.1 Å². The molecule has 0 saturated heterocycles. The van der Waals surface area contributed by atoms with E-state index >= 15 is 0 Å². The van der Waals surface area contributed by atoms with E-state index in [1.807, 2.05) is 47.6 Å². The lowest BCUT2D eigenvalue weighted by molar-refractivity contribution is 0.112. The summed E-state index contributed by atoms with van der Waals surface area (Å²) in [6.07, 6.45) is 0. The summed E-state index contributed by atoms with van der Waals surface area (Å²) >= 11 is 6.15. The summed E-state index contributed by atoms with van der Waals surface area (Å²) in [5.41, 5.74) is -0.855. The van der Waals surface area contributed by atoms with E-state index < -0.39 is 31.7 Å². The van der Waals surface area contributed by atoms with Gasteiger partial charge in [0.1, 0.15) is 5.75 Å². The summed E-state index contributed by atoms with van der Waals surface area (Å²) in [5, 5.41) is 0.663. The lowest BCUT2D eigenvalue weighted by atomic mass is 9.80. The molecule has 1 heterocycles. The minimum atomic E-state index is -5.41. The first-order valence-corrected chi connectivity index (χ1v) is 14.0. The molecular weight excluding hydrogens is 488 g/mol. The highest BCUT2D eigenvalue weighted by Gasteiger charge is 2.63. The first-order chi connectivity index (χ1) is 14.8. The second-order valence-electron chi connectivity index (χ2n) is 10.4. The topological polar surface area (TPSA) is 136 Å². The average Bonchev–Trinajstić information content (AvgIpc) is 2.96. The van der Waals surface area contributed by atoms with Crippen LogP contribution in [0.3, 0.4) is 0 Å². The van der Waals surface area contributed by atoms with Gasteiger partial charge < -0.3 is 29.6 Å². The maximum absolute atomic E-state index is 12.5. The van der Waals surface area contributed by atoms with Gasteiger partial charge in [-0.25, -0.2) is 0 Å². The van der Waals surface area contributed by atoms with Gasteiger partial charge >= 0.3 is 15.2 Å². The Morgan fingerprint density at radius 1 is 0.939 bits per heavy atom. The molecule has 0 spiro atoms. The Hall–Kier alpha value is -1.37. The van der Waals surface area contributed by atoms with E-state index in [1.165, 1.54) is 18.2 Å². The fourth-order valence-corrected chi connectivity index (χ4v) is 7.23. The standard InChI is InChI=1S/C22H30ClNO7P2/c1-20(2,3)14-11-16(21(4,5)6)18-17(12-14)24-22(31-18,13-8-7-9-15(23)10-13)19(32(25,26)27)33(28,29)30/h7-12,19,24H,1-6H3,(H2,25,26,27)(H2,28,29,30). The lowest BCUT2D eigenvalue weighted by Crippen LogP contribution is -2.48. The van der Waals surface area contributed by atoms with Crippen molar-refractivity contribution in [3.8, 4) is 5.75 Å². The Bertz CT molecular complexity index is 1150. The summed E-state index contributed by atoms with van der Waals surface area (Å²) in [6.45, 7) is 11.9. The van der Waals surface area contributed by atoms with Crippen molar-refractivity contribution < 1.29 is 33.4 Å². The van der Waals surface area contributed by atoms with Gasteiger partial charge in [-0.05, 0) is 34.6 Å². The highest BCUT2D eigenvalue weighted by Crippen LogP contribution is 2.68. The van der Waals surface area contributed by atoms with Crippen LogP contribution in [0.4, 0.5) is 5.69 Å². The quantitative estimate of drug-likeness (QED) is 0.346. The van der Waals surface area contributed by atoms with Crippen molar-refractivity contribution in [2.75, 3.05) is 5.32 Å². The minimum absolute atomic E-state index is 0.0833. The predicted octanol–water partition coefficient (Wildman–Crippen LogP) is 5.27. The Morgan fingerprint density at radius 2 is 1.52 bits per heavy atom. The molecule has 0 radical (unpaired) electrons. The van der Waals surface area contributed by atoms with Crippen molar-refractivity contribution in [1.29, 1.82) is 0 Å². The van der Waals surface area contributed by atoms with Crippen LogP contribution < -0.4 is 10.1 Å². The summed E-state index contributed by atoms with van der Waals surface area (Å²) < 4.78 is 31.3. The van der Waals surface area contributed by atoms with Crippen LogP contribution >= 0.6 is 26.8 Å². The van der Waals surface area contributed by atoms with Crippen molar-refractivity contribution >= 4 is 32.5 Å². The SMILES string of the molecule is CC(C)(C)c1cc2c(c(C(C)(C)C)c1)OC(c1cccc(Cl)c1)(C(P(=O)(O)O)P(=O)(O)O)N2. The molecule has 2 aromatic carbocycles. The number of nitrogens with one attached hydrogen (secondary N) is 1. The van der Waals surface area contributed by atoms with Crippen molar-refractivity contribution in [2.24, 2.45) is 0 Å². The molecule has 5 N–H and O–H groups in total. The summed E-state index contributed by atoms with van der Waals surface area (Å²) in [7, 11) is -10.8. The smallest absolute Gasteiger partial charge is 0.347 e. The first-order valence-electron chi connectivity index (χ1n) is 10.3. The Kier molecular flexibility index (Phi) is 6.44. The van der Waals surface area contributed by atoms with Crippen molar-refractivity contribution in [2.45, 2.75) is 63.5 Å². The highest BCUT2D eigenvalue weighted by atomic mass is 35.5. The van der Waals surface area contributed by atoms with Gasteiger partial charge in [0.15, 0.2) is 0 Å². The number of benzene rings is 2. The maximum atomic E-state index is 12.5. The molecule has 8 nitrogen and oxygen atoms in total. The third kappa shape index (κ3) is 5.03. The van der Waals surface area contributed by atoms with Crippen LogP contribution in [-0.4, -0.2) is 25.0 Å². The van der Waals surface area contributed by atoms with E-state index in [4.69, 9.17) is 16.3 Å². The molecule has 182 valence electrons. The van der Waals surface area contributed by atoms with Crippen molar-refractivity contribution in [3.05, 3.63) is 58.1 Å². The van der Waals surface area contributed by atoms with E-state index in [0.717, 1.165) is 11.1 Å². The number of anilines is 1. The largest absolute Gasteiger partial charge is 0.460 e. The summed E-state index contributed by atoms with van der Waals surface area (Å²) in [4.78, 5) is 40.5. The second-order valence-corrected chi connectivity index (χ2v) is 14.7. The molecule has 0 fully saturated rings. The van der Waals surface area contributed by atoms with Crippen LogP contribution in [0.1, 0.15) is 58.2 Å². The second kappa shape index (κ2) is 8.10. The molecule has 0 aromatic heterocycles. The molecule has 2 aromatic rings. The molecule has 1 unspecified atom stereocenters. The molecule has 0 aliphatic carbocycles. The zero-order valence-electron chi connectivity index (χ0n) is 19.3. The molecule has 1 atom stereocenters. The lowest BCUT2D eigenvalue weighted by Gasteiger charge is -2.37. The minimum Gasteiger partial charge on any atom is -0.460 e. The van der Waals surface area contributed by atoms with Crippen LogP contribution in [0.5, 0.6) is 5.75 Å². The fraction of sp³-hybridized carbons (Fsp3) is 0.455. The van der Waals surface area contributed by atoms with E-state index in [-0.39, 0.29) is 21.8 Å². The van der Waals surface area contributed by atoms with E-state index in [9.17, 15) is 28.7 Å². The van der Waals surface area contributed by atoms with E-state index in [0.29, 0.717) is 5.69 Å². The van der Waals surface area contributed by atoms with Gasteiger partial charge in [-0.3, -0.25) is 9.13 Å². The van der Waals surface area contributed by atoms with Gasteiger partial charge in [0, 0.05) is 16.1 Å². The van der Waals surface area contributed by atoms with Crippen LogP contribution in [0.15, 0.2) is 36.4 Å². The van der Waals surface area contributed by atoms with Crippen LogP contribution in [0.25, 0.3) is 0 Å². The van der Waals surface area contributed by atoms with Gasteiger partial charge in [-0.2, -0.15) is 0 Å². The zero-order chi connectivity index (χ0) is 25.2. The third-order valence-corrected chi connectivity index (χ3v) is 9.64. The van der Waals surface area contributed by atoms with Gasteiger partial charge in [-0.1, -0.05) is 71.3 Å².